The molecule has 3 heteroatoms. The Hall–Kier alpha value is -0.120. The summed E-state index contributed by atoms with van der Waals surface area (Å²) in [6.07, 6.45) is 8.97. The highest BCUT2D eigenvalue weighted by atomic mass is 16.5. The number of ether oxygens (including phenoxy) is 2. The van der Waals surface area contributed by atoms with E-state index in [9.17, 15) is 0 Å². The van der Waals surface area contributed by atoms with E-state index in [1.54, 1.807) is 0 Å². The van der Waals surface area contributed by atoms with Gasteiger partial charge in [-0.15, -0.1) is 0 Å². The van der Waals surface area contributed by atoms with Crippen molar-refractivity contribution in [3.05, 3.63) is 0 Å². The summed E-state index contributed by atoms with van der Waals surface area (Å²) in [4.78, 5) is 0. The van der Waals surface area contributed by atoms with Gasteiger partial charge in [0.1, 0.15) is 0 Å². The van der Waals surface area contributed by atoms with Gasteiger partial charge in [-0.25, -0.2) is 0 Å². The molecule has 0 aromatic carbocycles. The van der Waals surface area contributed by atoms with E-state index in [2.05, 4.69) is 19.3 Å². The second kappa shape index (κ2) is 6.36. The number of rotatable bonds is 6. The van der Waals surface area contributed by atoms with Crippen LogP contribution in [0.2, 0.25) is 0 Å². The molecule has 106 valence electrons. The molecule has 0 aromatic rings. The largest absolute Gasteiger partial charge is 0.380 e. The Morgan fingerprint density at radius 1 is 1.44 bits per heavy atom. The maximum absolute atomic E-state index is 6.03. The summed E-state index contributed by atoms with van der Waals surface area (Å²) in [6, 6.07) is 0.483. The maximum Gasteiger partial charge on any atom is 0.0726 e. The minimum atomic E-state index is 0.239. The third-order valence-electron chi connectivity index (χ3n) is 4.91. The Morgan fingerprint density at radius 2 is 2.22 bits per heavy atom. The van der Waals surface area contributed by atoms with Crippen LogP contribution in [-0.4, -0.2) is 38.5 Å². The Bertz CT molecular complexity index is 253. The lowest BCUT2D eigenvalue weighted by molar-refractivity contribution is -0.152. The van der Waals surface area contributed by atoms with Crippen LogP contribution in [-0.2, 0) is 9.47 Å². The van der Waals surface area contributed by atoms with Gasteiger partial charge in [0.2, 0.25) is 0 Å². The molecule has 1 saturated carbocycles. The van der Waals surface area contributed by atoms with E-state index in [0.29, 0.717) is 18.1 Å². The molecule has 2 aliphatic rings. The fraction of sp³-hybridized carbons (Fsp3) is 1.00. The third-order valence-corrected chi connectivity index (χ3v) is 4.91. The Labute approximate surface area is 112 Å². The number of methoxy groups -OCH3 is 1. The molecule has 1 aliphatic heterocycles. The zero-order valence-corrected chi connectivity index (χ0v) is 12.2. The van der Waals surface area contributed by atoms with Crippen LogP contribution in [0, 0.1) is 5.92 Å². The molecule has 1 N–H and O–H groups in total. The lowest BCUT2D eigenvalue weighted by Crippen LogP contribution is -2.53. The summed E-state index contributed by atoms with van der Waals surface area (Å²) in [5, 5.41) is 3.51. The molecule has 0 amide bonds. The number of likely N-dealkylation sites (N-methyl/N-ethyl adjacent to an activating group) is 1. The van der Waals surface area contributed by atoms with Gasteiger partial charge in [-0.1, -0.05) is 13.3 Å². The van der Waals surface area contributed by atoms with Crippen LogP contribution in [0.5, 0.6) is 0 Å². The fourth-order valence-corrected chi connectivity index (χ4v) is 3.75. The van der Waals surface area contributed by atoms with Crippen LogP contribution >= 0.6 is 0 Å². The summed E-state index contributed by atoms with van der Waals surface area (Å²) in [6.45, 7) is 3.17. The van der Waals surface area contributed by atoms with Crippen molar-refractivity contribution in [2.75, 3.05) is 20.8 Å². The average molecular weight is 255 g/mol. The predicted molar refractivity (Wildman–Crippen MR) is 73.8 cm³/mol. The molecule has 1 aliphatic carbocycles. The van der Waals surface area contributed by atoms with E-state index in [0.717, 1.165) is 13.0 Å². The first-order valence-electron chi connectivity index (χ1n) is 7.58. The van der Waals surface area contributed by atoms with E-state index in [1.807, 2.05) is 7.11 Å². The Morgan fingerprint density at radius 3 is 2.72 bits per heavy atom. The number of hydrogen-bond donors (Lipinski definition) is 1. The molecule has 1 saturated heterocycles. The van der Waals surface area contributed by atoms with Crippen LogP contribution in [0.4, 0.5) is 0 Å². The summed E-state index contributed by atoms with van der Waals surface area (Å²) in [5.74, 6) is 0.709. The maximum atomic E-state index is 6.03. The molecule has 2 fully saturated rings. The predicted octanol–water partition coefficient (Wildman–Crippen LogP) is 2.74. The van der Waals surface area contributed by atoms with Crippen LogP contribution < -0.4 is 5.32 Å². The zero-order chi connectivity index (χ0) is 13.0. The smallest absolute Gasteiger partial charge is 0.0726 e. The normalized spacial score (nSPS) is 29.8. The van der Waals surface area contributed by atoms with Gasteiger partial charge in [-0.2, -0.15) is 0 Å². The first-order valence-corrected chi connectivity index (χ1v) is 7.58. The molecule has 1 spiro atoms. The molecular weight excluding hydrogens is 226 g/mol. The highest BCUT2D eigenvalue weighted by Gasteiger charge is 2.45. The van der Waals surface area contributed by atoms with Gasteiger partial charge in [-0.3, -0.25) is 0 Å². The molecule has 0 aromatic heterocycles. The van der Waals surface area contributed by atoms with Crippen molar-refractivity contribution in [2.45, 2.75) is 69.6 Å². The first kappa shape index (κ1) is 14.3. The van der Waals surface area contributed by atoms with E-state index in [4.69, 9.17) is 9.47 Å². The van der Waals surface area contributed by atoms with Gasteiger partial charge in [0, 0.05) is 19.8 Å². The first-order chi connectivity index (χ1) is 8.74. The molecule has 1 heterocycles. The summed E-state index contributed by atoms with van der Waals surface area (Å²) < 4.78 is 11.7. The summed E-state index contributed by atoms with van der Waals surface area (Å²) >= 11 is 0. The highest BCUT2D eigenvalue weighted by Crippen LogP contribution is 2.45. The molecular formula is C15H29NO2. The standard InChI is InChI=1S/C15H29NO2/c1-4-6-13(17-3)14(16-2)12-7-10-18-15(11-12)8-5-9-15/h12-14,16H,4-11H2,1-3H3. The van der Waals surface area contributed by atoms with Gasteiger partial charge in [0.15, 0.2) is 0 Å². The van der Waals surface area contributed by atoms with E-state index < -0.39 is 0 Å². The number of hydrogen-bond acceptors (Lipinski definition) is 3. The second-order valence-electron chi connectivity index (χ2n) is 6.02. The van der Waals surface area contributed by atoms with Crippen LogP contribution in [0.15, 0.2) is 0 Å². The van der Waals surface area contributed by atoms with E-state index >= 15 is 0 Å². The third kappa shape index (κ3) is 2.89. The lowest BCUT2D eigenvalue weighted by atomic mass is 9.69. The lowest BCUT2D eigenvalue weighted by Gasteiger charge is -2.49. The quantitative estimate of drug-likeness (QED) is 0.791. The topological polar surface area (TPSA) is 30.5 Å². The van der Waals surface area contributed by atoms with Crippen molar-refractivity contribution in [3.8, 4) is 0 Å². The van der Waals surface area contributed by atoms with Crippen molar-refractivity contribution in [1.29, 1.82) is 0 Å². The van der Waals surface area contributed by atoms with Crippen LogP contribution in [0.25, 0.3) is 0 Å². The number of nitrogens with one attached hydrogen (secondary N) is 1. The van der Waals surface area contributed by atoms with Crippen LogP contribution in [0.1, 0.15) is 51.9 Å². The van der Waals surface area contributed by atoms with Gasteiger partial charge in [-0.05, 0) is 51.5 Å². The molecule has 3 nitrogen and oxygen atoms in total. The fourth-order valence-electron chi connectivity index (χ4n) is 3.75. The van der Waals surface area contributed by atoms with Crippen molar-refractivity contribution in [3.63, 3.8) is 0 Å². The SMILES string of the molecule is CCCC(OC)C(NC)C1CCOC2(CCC2)C1. The van der Waals surface area contributed by atoms with Gasteiger partial charge >= 0.3 is 0 Å². The molecule has 3 atom stereocenters. The zero-order valence-electron chi connectivity index (χ0n) is 12.2. The van der Waals surface area contributed by atoms with E-state index in [-0.39, 0.29) is 5.60 Å². The van der Waals surface area contributed by atoms with Crippen molar-refractivity contribution in [1.82, 2.24) is 5.32 Å². The van der Waals surface area contributed by atoms with Gasteiger partial charge < -0.3 is 14.8 Å². The summed E-state index contributed by atoms with van der Waals surface area (Å²) in [7, 11) is 3.93. The molecule has 2 rings (SSSR count). The second-order valence-corrected chi connectivity index (χ2v) is 6.02. The van der Waals surface area contributed by atoms with Crippen LogP contribution in [0.3, 0.4) is 0 Å². The van der Waals surface area contributed by atoms with Crippen molar-refractivity contribution < 1.29 is 9.47 Å². The van der Waals surface area contributed by atoms with Gasteiger partial charge in [0.25, 0.3) is 0 Å². The minimum absolute atomic E-state index is 0.239. The van der Waals surface area contributed by atoms with E-state index in [1.165, 1.54) is 38.5 Å². The summed E-state index contributed by atoms with van der Waals surface area (Å²) in [5.41, 5.74) is 0.239. The Balaban J connectivity index is 1.97. The Kier molecular flexibility index (Phi) is 5.05. The molecule has 0 radical (unpaired) electrons. The molecule has 0 bridgehead atoms. The molecule has 18 heavy (non-hydrogen) atoms. The average Bonchev–Trinajstić information content (AvgIpc) is 2.37. The van der Waals surface area contributed by atoms with Gasteiger partial charge in [0.05, 0.1) is 11.7 Å². The monoisotopic (exact) mass is 255 g/mol. The minimum Gasteiger partial charge on any atom is -0.380 e. The van der Waals surface area contributed by atoms with Crippen molar-refractivity contribution in [2.24, 2.45) is 5.92 Å². The molecule has 3 unspecified atom stereocenters. The highest BCUT2D eigenvalue weighted by molar-refractivity contribution is 4.97. The van der Waals surface area contributed by atoms with Crippen molar-refractivity contribution >= 4 is 0 Å².